The van der Waals surface area contributed by atoms with Gasteiger partial charge in [-0.25, -0.2) is 0 Å². The lowest BCUT2D eigenvalue weighted by Crippen LogP contribution is -2.27. The van der Waals surface area contributed by atoms with E-state index in [0.717, 1.165) is 29.9 Å². The quantitative estimate of drug-likeness (QED) is 0.179. The fourth-order valence-corrected chi connectivity index (χ4v) is 10.3. The molecule has 0 saturated carbocycles. The molecule has 11 rings (SSSR count). The molecule has 0 aromatic heterocycles. The second kappa shape index (κ2) is 11.2. The molecule has 0 N–H and O–H groups in total. The van der Waals surface area contributed by atoms with E-state index in [1.54, 1.807) is 0 Å². The molecule has 4 aliphatic rings. The molecule has 0 bridgehead atoms. The Kier molecular flexibility index (Phi) is 6.41. The molecule has 0 saturated heterocycles. The monoisotopic (exact) mass is 677 g/mol. The van der Waals surface area contributed by atoms with Crippen molar-refractivity contribution in [1.82, 2.24) is 0 Å². The van der Waals surface area contributed by atoms with Crippen molar-refractivity contribution in [3.63, 3.8) is 0 Å². The molecular weight excluding hydrogens is 639 g/mol. The minimum absolute atomic E-state index is 0.0525. The van der Waals surface area contributed by atoms with Crippen LogP contribution in [-0.4, -0.2) is 0 Å². The van der Waals surface area contributed by atoms with Crippen LogP contribution in [0.15, 0.2) is 182 Å². The molecule has 7 aromatic carbocycles. The zero-order valence-corrected chi connectivity index (χ0v) is 30.1. The number of anilines is 3. The van der Waals surface area contributed by atoms with Crippen molar-refractivity contribution in [3.8, 4) is 33.4 Å². The van der Waals surface area contributed by atoms with E-state index in [0.29, 0.717) is 0 Å². The Bertz CT molecular complexity index is 2710. The summed E-state index contributed by atoms with van der Waals surface area (Å²) in [6.45, 7) is 4.72. The van der Waals surface area contributed by atoms with Gasteiger partial charge in [0.25, 0.3) is 0 Å². The Morgan fingerprint density at radius 3 is 1.83 bits per heavy atom. The molecule has 0 radical (unpaired) electrons. The average molecular weight is 678 g/mol. The van der Waals surface area contributed by atoms with Crippen LogP contribution < -0.4 is 4.90 Å². The molecule has 53 heavy (non-hydrogen) atoms. The van der Waals surface area contributed by atoms with E-state index < -0.39 is 0 Å². The van der Waals surface area contributed by atoms with Crippen LogP contribution in [0.2, 0.25) is 0 Å². The van der Waals surface area contributed by atoms with Gasteiger partial charge in [0, 0.05) is 22.5 Å². The second-order valence-corrected chi connectivity index (χ2v) is 15.6. The maximum Gasteiger partial charge on any atom is 0.0722 e. The third-order valence-corrected chi connectivity index (χ3v) is 12.6. The van der Waals surface area contributed by atoms with E-state index in [1.165, 1.54) is 77.9 Å². The second-order valence-electron chi connectivity index (χ2n) is 15.6. The first-order valence-electron chi connectivity index (χ1n) is 19.0. The molecule has 1 unspecified atom stereocenters. The Hall–Kier alpha value is -6.18. The lowest BCUT2D eigenvalue weighted by molar-refractivity contribution is 0.660. The first-order chi connectivity index (χ1) is 26.0. The Labute approximate surface area is 312 Å². The Morgan fingerprint density at radius 1 is 0.434 bits per heavy atom. The van der Waals surface area contributed by atoms with Crippen molar-refractivity contribution >= 4 is 22.6 Å². The predicted octanol–water partition coefficient (Wildman–Crippen LogP) is 13.6. The van der Waals surface area contributed by atoms with E-state index in [1.807, 2.05) is 0 Å². The summed E-state index contributed by atoms with van der Waals surface area (Å²) in [5.74, 6) is 0. The minimum Gasteiger partial charge on any atom is -0.310 e. The summed E-state index contributed by atoms with van der Waals surface area (Å²) in [5.41, 5.74) is 22.1. The van der Waals surface area contributed by atoms with Crippen LogP contribution in [0, 0.1) is 0 Å². The molecule has 7 aromatic rings. The number of benzene rings is 7. The summed E-state index contributed by atoms with van der Waals surface area (Å²) in [6.07, 6.45) is 7.00. The van der Waals surface area contributed by atoms with Crippen molar-refractivity contribution < 1.29 is 0 Å². The van der Waals surface area contributed by atoms with Crippen LogP contribution in [0.1, 0.15) is 60.1 Å². The molecule has 0 amide bonds. The van der Waals surface area contributed by atoms with Gasteiger partial charge in [-0.05, 0) is 127 Å². The summed E-state index contributed by atoms with van der Waals surface area (Å²) < 4.78 is 0. The number of allylic oxidation sites excluding steroid dienone is 4. The Morgan fingerprint density at radius 2 is 1.02 bits per heavy atom. The highest BCUT2D eigenvalue weighted by Crippen LogP contribution is 2.64. The number of hydrogen-bond donors (Lipinski definition) is 0. The van der Waals surface area contributed by atoms with Crippen LogP contribution in [0.4, 0.5) is 17.1 Å². The summed E-state index contributed by atoms with van der Waals surface area (Å²) in [6, 6.07) is 61.5. The van der Waals surface area contributed by atoms with Crippen LogP contribution in [-0.2, 0) is 10.8 Å². The first-order valence-corrected chi connectivity index (χ1v) is 19.0. The summed E-state index contributed by atoms with van der Waals surface area (Å²) in [7, 11) is 0. The summed E-state index contributed by atoms with van der Waals surface area (Å²) in [4.78, 5) is 2.49. The largest absolute Gasteiger partial charge is 0.310 e. The van der Waals surface area contributed by atoms with Crippen LogP contribution in [0.3, 0.4) is 0 Å². The van der Waals surface area contributed by atoms with Gasteiger partial charge in [0.1, 0.15) is 0 Å². The van der Waals surface area contributed by atoms with Gasteiger partial charge in [0.2, 0.25) is 0 Å². The highest BCUT2D eigenvalue weighted by Gasteiger charge is 2.52. The third kappa shape index (κ3) is 4.14. The van der Waals surface area contributed by atoms with Crippen LogP contribution in [0.5, 0.6) is 0 Å². The van der Waals surface area contributed by atoms with Gasteiger partial charge < -0.3 is 4.90 Å². The molecule has 4 aliphatic carbocycles. The zero-order chi connectivity index (χ0) is 35.3. The fourth-order valence-electron chi connectivity index (χ4n) is 10.3. The minimum atomic E-state index is -0.358. The van der Waals surface area contributed by atoms with Crippen molar-refractivity contribution in [2.45, 2.75) is 37.5 Å². The van der Waals surface area contributed by atoms with Gasteiger partial charge in [-0.2, -0.15) is 0 Å². The molecule has 1 atom stereocenters. The van der Waals surface area contributed by atoms with Gasteiger partial charge >= 0.3 is 0 Å². The standard InChI is InChI=1S/C52H39N/c1-51(2)45-23-10-6-22-42(45)44-32-37(28-30-46(44)51)53(36-18-14-17-35(31-36)34-15-4-3-5-16-34)38-27-29-43-41-21-9-13-26-49(41)52(50(43)33-38)47-24-11-7-19-39(47)40-20-8-12-25-48(40)52/h3-7,9-19,21-33H,8,20H2,1-2H3. The smallest absolute Gasteiger partial charge is 0.0722 e. The molecule has 0 heterocycles. The number of rotatable bonds is 4. The van der Waals surface area contributed by atoms with E-state index >= 15 is 0 Å². The van der Waals surface area contributed by atoms with Gasteiger partial charge in [-0.3, -0.25) is 0 Å². The summed E-state index contributed by atoms with van der Waals surface area (Å²) >= 11 is 0. The van der Waals surface area contributed by atoms with Crippen LogP contribution >= 0.6 is 0 Å². The van der Waals surface area contributed by atoms with E-state index in [4.69, 9.17) is 0 Å². The first kappa shape index (κ1) is 30.4. The molecule has 0 aliphatic heterocycles. The maximum absolute atomic E-state index is 2.52. The van der Waals surface area contributed by atoms with Gasteiger partial charge in [0.05, 0.1) is 5.41 Å². The van der Waals surface area contributed by atoms with Crippen molar-refractivity contribution in [2.24, 2.45) is 0 Å². The fraction of sp³-hybridized carbons (Fsp3) is 0.115. The van der Waals surface area contributed by atoms with Gasteiger partial charge in [-0.1, -0.05) is 153 Å². The van der Waals surface area contributed by atoms with E-state index in [-0.39, 0.29) is 10.8 Å². The molecule has 252 valence electrons. The normalized spacial score (nSPS) is 17.9. The third-order valence-electron chi connectivity index (χ3n) is 12.6. The molecule has 1 nitrogen and oxygen atoms in total. The predicted molar refractivity (Wildman–Crippen MR) is 221 cm³/mol. The lowest BCUT2D eigenvalue weighted by atomic mass is 9.69. The molecular formula is C52H39N. The van der Waals surface area contributed by atoms with Gasteiger partial charge in [-0.15, -0.1) is 0 Å². The Balaban J connectivity index is 1.17. The summed E-state index contributed by atoms with van der Waals surface area (Å²) in [5, 5.41) is 0. The highest BCUT2D eigenvalue weighted by molar-refractivity contribution is 5.97. The number of nitrogens with zero attached hydrogens (tertiary/aromatic N) is 1. The lowest BCUT2D eigenvalue weighted by Gasteiger charge is -2.33. The van der Waals surface area contributed by atoms with E-state index in [2.05, 4.69) is 195 Å². The van der Waals surface area contributed by atoms with Crippen LogP contribution in [0.25, 0.3) is 39.0 Å². The van der Waals surface area contributed by atoms with Gasteiger partial charge in [0.15, 0.2) is 0 Å². The molecule has 1 heteroatoms. The molecule has 0 fully saturated rings. The van der Waals surface area contributed by atoms with Crippen molar-refractivity contribution in [2.75, 3.05) is 4.90 Å². The number of hydrogen-bond acceptors (Lipinski definition) is 1. The topological polar surface area (TPSA) is 3.24 Å². The average Bonchev–Trinajstić information content (AvgIpc) is 3.77. The van der Waals surface area contributed by atoms with Crippen molar-refractivity contribution in [3.05, 3.63) is 215 Å². The maximum atomic E-state index is 2.52. The molecule has 1 spiro atoms. The highest BCUT2D eigenvalue weighted by atomic mass is 15.1. The van der Waals surface area contributed by atoms with Crippen molar-refractivity contribution in [1.29, 1.82) is 0 Å². The number of fused-ring (bicyclic) bond motifs is 12. The zero-order valence-electron chi connectivity index (χ0n) is 30.1. The van der Waals surface area contributed by atoms with E-state index in [9.17, 15) is 0 Å². The SMILES string of the molecule is CC1(C)c2ccccc2-c2cc(N(c3cccc(-c4ccccc4)c3)c3ccc4c(c3)C3(C5=C(CCC=C5)c5ccccc53)c3ccccc3-4)ccc21.